The first-order valence-electron chi connectivity index (χ1n) is 8.38. The summed E-state index contributed by atoms with van der Waals surface area (Å²) in [7, 11) is 0. The zero-order valence-electron chi connectivity index (χ0n) is 13.8. The van der Waals surface area contributed by atoms with Crippen molar-refractivity contribution in [3.05, 3.63) is 0 Å². The minimum absolute atomic E-state index is 0.0568. The Morgan fingerprint density at radius 1 is 1.10 bits per heavy atom. The predicted molar refractivity (Wildman–Crippen MR) is 84.7 cm³/mol. The normalized spacial score (nSPS) is 27.8. The molecule has 3 nitrogen and oxygen atoms in total. The maximum Gasteiger partial charge on any atom is 0.0804 e. The number of unbranched alkanes of at least 4 members (excludes halogenated alkanes) is 3. The Labute approximate surface area is 125 Å². The molecular formula is C17H35NO2. The highest BCUT2D eigenvalue weighted by Gasteiger charge is 2.38. The standard InChI is InChI=1S/C17H35NO2/c1-16(2,3)15-8-10-17(14-18,11-9-15)20-13-7-5-4-6-12-19/h15,19H,4-14,18H2,1-3H3. The van der Waals surface area contributed by atoms with Gasteiger partial charge in [0.1, 0.15) is 0 Å². The molecule has 0 unspecified atom stereocenters. The molecule has 0 saturated heterocycles. The lowest BCUT2D eigenvalue weighted by Gasteiger charge is -2.43. The van der Waals surface area contributed by atoms with Crippen molar-refractivity contribution in [3.8, 4) is 0 Å². The van der Waals surface area contributed by atoms with Gasteiger partial charge >= 0.3 is 0 Å². The van der Waals surface area contributed by atoms with Gasteiger partial charge in [-0.25, -0.2) is 0 Å². The molecule has 3 heteroatoms. The summed E-state index contributed by atoms with van der Waals surface area (Å²) < 4.78 is 6.17. The van der Waals surface area contributed by atoms with Crippen LogP contribution in [0.15, 0.2) is 0 Å². The minimum atomic E-state index is -0.0568. The fraction of sp³-hybridized carbons (Fsp3) is 1.00. The molecule has 0 aromatic heterocycles. The third kappa shape index (κ3) is 5.71. The monoisotopic (exact) mass is 285 g/mol. The van der Waals surface area contributed by atoms with Gasteiger partial charge in [-0.2, -0.15) is 0 Å². The van der Waals surface area contributed by atoms with Crippen molar-refractivity contribution in [1.29, 1.82) is 0 Å². The molecule has 0 aliphatic heterocycles. The zero-order chi connectivity index (χ0) is 15.1. The summed E-state index contributed by atoms with van der Waals surface area (Å²) in [6.45, 7) is 8.81. The lowest BCUT2D eigenvalue weighted by atomic mass is 9.68. The quantitative estimate of drug-likeness (QED) is 0.671. The highest BCUT2D eigenvalue weighted by atomic mass is 16.5. The number of nitrogens with two attached hydrogens (primary N) is 1. The molecule has 0 bridgehead atoms. The summed E-state index contributed by atoms with van der Waals surface area (Å²) in [4.78, 5) is 0. The van der Waals surface area contributed by atoms with Crippen molar-refractivity contribution < 1.29 is 9.84 Å². The van der Waals surface area contributed by atoms with Crippen LogP contribution in [0.25, 0.3) is 0 Å². The van der Waals surface area contributed by atoms with Gasteiger partial charge in [0.05, 0.1) is 5.60 Å². The Kier molecular flexibility index (Phi) is 7.49. The van der Waals surface area contributed by atoms with Crippen molar-refractivity contribution in [2.75, 3.05) is 19.8 Å². The van der Waals surface area contributed by atoms with Gasteiger partial charge < -0.3 is 15.6 Å². The smallest absolute Gasteiger partial charge is 0.0804 e. The number of aliphatic hydroxyl groups excluding tert-OH is 1. The summed E-state index contributed by atoms with van der Waals surface area (Å²) >= 11 is 0. The summed E-state index contributed by atoms with van der Waals surface area (Å²) in [5.41, 5.74) is 6.35. The summed E-state index contributed by atoms with van der Waals surface area (Å²) in [6, 6.07) is 0. The molecule has 20 heavy (non-hydrogen) atoms. The van der Waals surface area contributed by atoms with Gasteiger partial charge in [0.2, 0.25) is 0 Å². The molecule has 0 atom stereocenters. The fourth-order valence-electron chi connectivity index (χ4n) is 3.27. The molecule has 0 spiro atoms. The van der Waals surface area contributed by atoms with E-state index in [0.717, 1.165) is 51.0 Å². The Morgan fingerprint density at radius 2 is 1.70 bits per heavy atom. The van der Waals surface area contributed by atoms with Crippen LogP contribution < -0.4 is 5.73 Å². The van der Waals surface area contributed by atoms with Crippen molar-refractivity contribution in [1.82, 2.24) is 0 Å². The van der Waals surface area contributed by atoms with Gasteiger partial charge in [-0.15, -0.1) is 0 Å². The van der Waals surface area contributed by atoms with Crippen molar-refractivity contribution in [2.45, 2.75) is 77.7 Å². The van der Waals surface area contributed by atoms with Gasteiger partial charge in [-0.05, 0) is 49.9 Å². The molecule has 1 rings (SSSR count). The third-order valence-corrected chi connectivity index (χ3v) is 4.95. The van der Waals surface area contributed by atoms with E-state index in [1.165, 1.54) is 12.8 Å². The molecule has 1 fully saturated rings. The predicted octanol–water partition coefficient (Wildman–Crippen LogP) is 3.49. The topological polar surface area (TPSA) is 55.5 Å². The van der Waals surface area contributed by atoms with Crippen LogP contribution >= 0.6 is 0 Å². The van der Waals surface area contributed by atoms with Gasteiger partial charge in [0, 0.05) is 19.8 Å². The lowest BCUT2D eigenvalue weighted by Crippen LogP contribution is -2.45. The van der Waals surface area contributed by atoms with E-state index in [4.69, 9.17) is 15.6 Å². The maximum atomic E-state index is 8.75. The van der Waals surface area contributed by atoms with Crippen LogP contribution in [0.3, 0.4) is 0 Å². The number of aliphatic hydroxyl groups is 1. The number of hydrogen-bond acceptors (Lipinski definition) is 3. The highest BCUT2D eigenvalue weighted by molar-refractivity contribution is 4.91. The van der Waals surface area contributed by atoms with Crippen molar-refractivity contribution >= 4 is 0 Å². The van der Waals surface area contributed by atoms with Crippen LogP contribution in [0, 0.1) is 11.3 Å². The Hall–Kier alpha value is -0.120. The molecule has 1 saturated carbocycles. The maximum absolute atomic E-state index is 8.75. The number of hydrogen-bond donors (Lipinski definition) is 2. The summed E-state index contributed by atoms with van der Waals surface area (Å²) in [5, 5.41) is 8.75. The van der Waals surface area contributed by atoms with Crippen LogP contribution in [0.1, 0.15) is 72.1 Å². The van der Waals surface area contributed by atoms with E-state index in [-0.39, 0.29) is 5.60 Å². The van der Waals surface area contributed by atoms with Gasteiger partial charge in [0.25, 0.3) is 0 Å². The van der Waals surface area contributed by atoms with Gasteiger partial charge in [-0.1, -0.05) is 33.6 Å². The molecule has 1 aliphatic carbocycles. The van der Waals surface area contributed by atoms with E-state index in [9.17, 15) is 0 Å². The minimum Gasteiger partial charge on any atom is -0.396 e. The van der Waals surface area contributed by atoms with Gasteiger partial charge in [-0.3, -0.25) is 0 Å². The first-order chi connectivity index (χ1) is 9.43. The lowest BCUT2D eigenvalue weighted by molar-refractivity contribution is -0.0807. The molecule has 0 radical (unpaired) electrons. The fourth-order valence-corrected chi connectivity index (χ4v) is 3.27. The zero-order valence-corrected chi connectivity index (χ0v) is 13.8. The van der Waals surface area contributed by atoms with E-state index >= 15 is 0 Å². The van der Waals surface area contributed by atoms with Crippen molar-refractivity contribution in [2.24, 2.45) is 17.1 Å². The Bertz CT molecular complexity index is 252. The molecule has 0 amide bonds. The van der Waals surface area contributed by atoms with E-state index in [2.05, 4.69) is 20.8 Å². The van der Waals surface area contributed by atoms with Crippen LogP contribution in [0.4, 0.5) is 0 Å². The molecule has 0 heterocycles. The van der Waals surface area contributed by atoms with Crippen molar-refractivity contribution in [3.63, 3.8) is 0 Å². The Morgan fingerprint density at radius 3 is 2.20 bits per heavy atom. The largest absolute Gasteiger partial charge is 0.396 e. The average molecular weight is 285 g/mol. The molecule has 120 valence electrons. The second-order valence-electron chi connectivity index (χ2n) is 7.51. The summed E-state index contributed by atoms with van der Waals surface area (Å²) in [5.74, 6) is 0.801. The van der Waals surface area contributed by atoms with E-state index < -0.39 is 0 Å². The average Bonchev–Trinajstić information content (AvgIpc) is 2.42. The highest BCUT2D eigenvalue weighted by Crippen LogP contribution is 2.42. The van der Waals surface area contributed by atoms with Crippen LogP contribution in [-0.4, -0.2) is 30.5 Å². The van der Waals surface area contributed by atoms with E-state index in [1.54, 1.807) is 0 Å². The SMILES string of the molecule is CC(C)(C)C1CCC(CN)(OCCCCCCO)CC1. The van der Waals surface area contributed by atoms with E-state index in [1.807, 2.05) is 0 Å². The van der Waals surface area contributed by atoms with Crippen LogP contribution in [-0.2, 0) is 4.74 Å². The molecule has 3 N–H and O–H groups in total. The van der Waals surface area contributed by atoms with E-state index in [0.29, 0.717) is 18.6 Å². The molecule has 0 aromatic carbocycles. The first-order valence-corrected chi connectivity index (χ1v) is 8.38. The Balaban J connectivity index is 2.28. The molecular weight excluding hydrogens is 250 g/mol. The molecule has 0 aromatic rings. The van der Waals surface area contributed by atoms with Gasteiger partial charge in [0.15, 0.2) is 0 Å². The summed E-state index contributed by atoms with van der Waals surface area (Å²) in [6.07, 6.45) is 8.95. The van der Waals surface area contributed by atoms with Crippen LogP contribution in [0.2, 0.25) is 0 Å². The first kappa shape index (κ1) is 17.9. The second-order valence-corrected chi connectivity index (χ2v) is 7.51. The second kappa shape index (κ2) is 8.35. The number of ether oxygens (including phenoxy) is 1. The molecule has 1 aliphatic rings. The van der Waals surface area contributed by atoms with Crippen LogP contribution in [0.5, 0.6) is 0 Å². The third-order valence-electron chi connectivity index (χ3n) is 4.95. The number of rotatable bonds is 8.